The molecule has 5 rings (SSSR count). The SMILES string of the molecule is O=C(O)C(F)(F)F.O=C(O)C(F)(F)F.O=C(O)C(F)(F)F.O=C(O)C(F)(F)F.c1ccc(CN2CC3(CCN(Cc4cccnc4)C3)c3ncccc32)nc1. The highest BCUT2D eigenvalue weighted by Crippen LogP contribution is 2.45. The molecule has 0 aromatic carbocycles. The van der Waals surface area contributed by atoms with Crippen LogP contribution in [0, 0.1) is 0 Å². The van der Waals surface area contributed by atoms with Gasteiger partial charge in [-0.25, -0.2) is 19.2 Å². The standard InChI is InChI=1S/C22H23N5.4C2HF3O2/c1-2-10-24-19(6-1)15-27-17-22(21-20(27)7-4-11-25-21)8-12-26(16-22)14-18-5-3-9-23-13-18;4*3-2(4,5)1(6)7/h1-7,9-11,13H,8,12,14-17H2;4*(H,6,7). The molecule has 1 atom stereocenters. The quantitative estimate of drug-likeness (QED) is 0.239. The molecule has 2 aliphatic rings. The fourth-order valence-electron chi connectivity index (χ4n) is 4.58. The molecule has 3 aromatic heterocycles. The highest BCUT2D eigenvalue weighted by molar-refractivity contribution is 5.74. The molecule has 4 N–H and O–H groups in total. The zero-order chi connectivity index (χ0) is 42.4. The number of aromatic nitrogens is 3. The van der Waals surface area contributed by atoms with Crippen molar-refractivity contribution in [1.29, 1.82) is 0 Å². The van der Waals surface area contributed by atoms with Gasteiger partial charge in [0, 0.05) is 49.8 Å². The number of nitrogens with zero attached hydrogens (tertiary/aromatic N) is 5. The number of pyridine rings is 3. The van der Waals surface area contributed by atoms with Gasteiger partial charge in [0.15, 0.2) is 0 Å². The van der Waals surface area contributed by atoms with Gasteiger partial charge >= 0.3 is 48.6 Å². The summed E-state index contributed by atoms with van der Waals surface area (Å²) in [6.45, 7) is 4.95. The molecular weight excluding hydrogens is 786 g/mol. The fraction of sp³-hybridized carbons (Fsp3) is 0.367. The summed E-state index contributed by atoms with van der Waals surface area (Å²) in [4.78, 5) is 54.2. The lowest BCUT2D eigenvalue weighted by Gasteiger charge is -2.25. The second-order valence-corrected chi connectivity index (χ2v) is 10.9. The summed E-state index contributed by atoms with van der Waals surface area (Å²) in [5.41, 5.74) is 5.03. The minimum Gasteiger partial charge on any atom is -0.475 e. The molecule has 0 aliphatic carbocycles. The van der Waals surface area contributed by atoms with Crippen molar-refractivity contribution in [2.24, 2.45) is 0 Å². The molecule has 5 heterocycles. The number of likely N-dealkylation sites (tertiary alicyclic amines) is 1. The summed E-state index contributed by atoms with van der Waals surface area (Å²) in [6.07, 6.45) is -11.6. The highest BCUT2D eigenvalue weighted by atomic mass is 19.4. The zero-order valence-corrected chi connectivity index (χ0v) is 27.3. The van der Waals surface area contributed by atoms with Crippen molar-refractivity contribution < 1.29 is 92.3 Å². The maximum atomic E-state index is 10.6. The Morgan fingerprint density at radius 2 is 1.09 bits per heavy atom. The molecule has 0 bridgehead atoms. The van der Waals surface area contributed by atoms with E-state index in [0.717, 1.165) is 44.8 Å². The first-order chi connectivity index (χ1) is 25.1. The number of carbonyl (C=O) groups is 4. The van der Waals surface area contributed by atoms with Crippen molar-refractivity contribution in [1.82, 2.24) is 19.9 Å². The first kappa shape index (κ1) is 47.3. The maximum absolute atomic E-state index is 10.6. The zero-order valence-electron chi connectivity index (χ0n) is 27.3. The van der Waals surface area contributed by atoms with Gasteiger partial charge in [0.05, 0.1) is 23.6 Å². The summed E-state index contributed by atoms with van der Waals surface area (Å²) in [7, 11) is 0. The van der Waals surface area contributed by atoms with Crippen LogP contribution in [0.4, 0.5) is 58.4 Å². The first-order valence-electron chi connectivity index (χ1n) is 14.5. The van der Waals surface area contributed by atoms with E-state index in [1.165, 1.54) is 16.9 Å². The van der Waals surface area contributed by atoms with E-state index in [1.807, 2.05) is 43.0 Å². The summed E-state index contributed by atoms with van der Waals surface area (Å²) in [6, 6.07) is 14.6. The van der Waals surface area contributed by atoms with E-state index in [2.05, 4.69) is 44.0 Å². The molecule has 1 unspecified atom stereocenters. The Morgan fingerprint density at radius 1 is 0.618 bits per heavy atom. The predicted octanol–water partition coefficient (Wildman–Crippen LogP) is 5.57. The van der Waals surface area contributed by atoms with Gasteiger partial charge in [-0.3, -0.25) is 19.9 Å². The van der Waals surface area contributed by atoms with Gasteiger partial charge in [0.1, 0.15) is 0 Å². The van der Waals surface area contributed by atoms with Crippen LogP contribution in [0.1, 0.15) is 23.4 Å². The number of fused-ring (bicyclic) bond motifs is 2. The Balaban J connectivity index is 0.000000442. The number of halogens is 12. The van der Waals surface area contributed by atoms with E-state index in [1.54, 1.807) is 0 Å². The maximum Gasteiger partial charge on any atom is 0.490 e. The molecule has 25 heteroatoms. The van der Waals surface area contributed by atoms with E-state index in [4.69, 9.17) is 44.6 Å². The van der Waals surface area contributed by atoms with Crippen LogP contribution >= 0.6 is 0 Å². The Morgan fingerprint density at radius 3 is 1.51 bits per heavy atom. The number of aliphatic carboxylic acids is 4. The highest BCUT2D eigenvalue weighted by Gasteiger charge is 2.48. The van der Waals surface area contributed by atoms with E-state index in [0.29, 0.717) is 0 Å². The van der Waals surface area contributed by atoms with E-state index < -0.39 is 48.6 Å². The largest absolute Gasteiger partial charge is 0.490 e. The lowest BCUT2D eigenvalue weighted by molar-refractivity contribution is -0.193. The molecule has 1 saturated heterocycles. The average molecular weight is 814 g/mol. The van der Waals surface area contributed by atoms with Crippen molar-refractivity contribution in [2.45, 2.75) is 49.6 Å². The van der Waals surface area contributed by atoms with Gasteiger partial charge in [0.2, 0.25) is 0 Å². The number of carboxylic acid groups (broad SMARTS) is 4. The van der Waals surface area contributed by atoms with Gasteiger partial charge in [-0.1, -0.05) is 12.1 Å². The topological polar surface area (TPSA) is 194 Å². The Labute approximate surface area is 300 Å². The molecular formula is C30H27F12N5O8. The van der Waals surface area contributed by atoms with Gasteiger partial charge in [-0.15, -0.1) is 0 Å². The third-order valence-electron chi connectivity index (χ3n) is 6.73. The van der Waals surface area contributed by atoms with Crippen LogP contribution in [0.2, 0.25) is 0 Å². The van der Waals surface area contributed by atoms with E-state index in [9.17, 15) is 52.7 Å². The average Bonchev–Trinajstić information content (AvgIpc) is 3.61. The first-order valence-corrected chi connectivity index (χ1v) is 14.5. The molecule has 1 fully saturated rings. The van der Waals surface area contributed by atoms with Crippen molar-refractivity contribution in [3.63, 3.8) is 0 Å². The van der Waals surface area contributed by atoms with Crippen LogP contribution in [0.5, 0.6) is 0 Å². The molecule has 55 heavy (non-hydrogen) atoms. The Kier molecular flexibility index (Phi) is 16.8. The van der Waals surface area contributed by atoms with Crippen LogP contribution < -0.4 is 4.90 Å². The number of rotatable bonds is 4. The van der Waals surface area contributed by atoms with Crippen molar-refractivity contribution in [3.8, 4) is 0 Å². The Bertz CT molecular complexity index is 1610. The van der Waals surface area contributed by atoms with Crippen molar-refractivity contribution >= 4 is 29.6 Å². The summed E-state index contributed by atoms with van der Waals surface area (Å²) in [5, 5.41) is 28.5. The van der Waals surface area contributed by atoms with E-state index >= 15 is 0 Å². The third-order valence-corrected chi connectivity index (χ3v) is 6.73. The molecule has 13 nitrogen and oxygen atoms in total. The fourth-order valence-corrected chi connectivity index (χ4v) is 4.58. The third kappa shape index (κ3) is 16.4. The summed E-state index contributed by atoms with van der Waals surface area (Å²) < 4.78 is 127. The van der Waals surface area contributed by atoms with Crippen LogP contribution in [0.25, 0.3) is 0 Å². The summed E-state index contributed by atoms with van der Waals surface area (Å²) in [5.74, 6) is -11.0. The summed E-state index contributed by atoms with van der Waals surface area (Å²) >= 11 is 0. The smallest absolute Gasteiger partial charge is 0.475 e. The number of hydrogen-bond donors (Lipinski definition) is 4. The predicted molar refractivity (Wildman–Crippen MR) is 160 cm³/mol. The minimum atomic E-state index is -5.08. The lowest BCUT2D eigenvalue weighted by Crippen LogP contribution is -2.36. The van der Waals surface area contributed by atoms with Gasteiger partial charge < -0.3 is 25.3 Å². The van der Waals surface area contributed by atoms with Crippen molar-refractivity contribution in [2.75, 3.05) is 24.5 Å². The number of alkyl halides is 12. The van der Waals surface area contributed by atoms with Crippen LogP contribution in [-0.4, -0.2) is 108 Å². The molecule has 0 radical (unpaired) electrons. The van der Waals surface area contributed by atoms with Crippen LogP contribution in [0.3, 0.4) is 0 Å². The monoisotopic (exact) mass is 813 g/mol. The number of carboxylic acids is 4. The molecule has 3 aromatic rings. The molecule has 2 aliphatic heterocycles. The second kappa shape index (κ2) is 19.5. The van der Waals surface area contributed by atoms with E-state index in [-0.39, 0.29) is 5.41 Å². The molecule has 0 saturated carbocycles. The van der Waals surface area contributed by atoms with Crippen LogP contribution in [0.15, 0.2) is 67.3 Å². The van der Waals surface area contributed by atoms with Gasteiger partial charge in [-0.05, 0) is 48.9 Å². The van der Waals surface area contributed by atoms with Gasteiger partial charge in [0.25, 0.3) is 0 Å². The second-order valence-electron chi connectivity index (χ2n) is 10.9. The minimum absolute atomic E-state index is 0.119. The van der Waals surface area contributed by atoms with Crippen LogP contribution in [-0.2, 0) is 37.7 Å². The lowest BCUT2D eigenvalue weighted by atomic mass is 9.85. The number of anilines is 1. The number of hydrogen-bond acceptors (Lipinski definition) is 9. The Hall–Kier alpha value is -5.75. The molecule has 1 spiro atoms. The molecule has 0 amide bonds. The normalized spacial score (nSPS) is 16.4. The molecule has 304 valence electrons. The van der Waals surface area contributed by atoms with Gasteiger partial charge in [-0.2, -0.15) is 52.7 Å². The van der Waals surface area contributed by atoms with Crippen molar-refractivity contribution in [3.05, 3.63) is 84.2 Å².